The molecular weight excluding hydrogens is 176 g/mol. The molecule has 2 rings (SSSR count). The Morgan fingerprint density at radius 2 is 2.00 bits per heavy atom. The van der Waals surface area contributed by atoms with Crippen LogP contribution < -0.4 is 0 Å². The van der Waals surface area contributed by atoms with E-state index in [-0.39, 0.29) is 5.60 Å². The van der Waals surface area contributed by atoms with E-state index in [1.54, 1.807) is 0 Å². The molecule has 0 aromatic heterocycles. The van der Waals surface area contributed by atoms with Crippen molar-refractivity contribution >= 4 is 0 Å². The van der Waals surface area contributed by atoms with Crippen molar-refractivity contribution in [2.75, 3.05) is 39.8 Å². The standard InChI is InChI=1S/C11H20N2O/c1-3-13-8-9-14-11(10-13)4-6-12(2)7-5-11/h3H,1,4-10H2,2H3. The highest BCUT2D eigenvalue weighted by atomic mass is 16.5. The van der Waals surface area contributed by atoms with Crippen LogP contribution in [0.15, 0.2) is 12.8 Å². The molecule has 2 aliphatic rings. The van der Waals surface area contributed by atoms with Gasteiger partial charge in [-0.15, -0.1) is 0 Å². The fourth-order valence-corrected chi connectivity index (χ4v) is 2.36. The van der Waals surface area contributed by atoms with Gasteiger partial charge in [0.25, 0.3) is 0 Å². The molecule has 0 aromatic rings. The first-order valence-electron chi connectivity index (χ1n) is 5.43. The van der Waals surface area contributed by atoms with Crippen molar-refractivity contribution < 1.29 is 4.74 Å². The van der Waals surface area contributed by atoms with Crippen LogP contribution in [0.1, 0.15) is 12.8 Å². The Morgan fingerprint density at radius 3 is 2.64 bits per heavy atom. The zero-order chi connectivity index (χ0) is 10.0. The molecular formula is C11H20N2O. The molecule has 2 saturated heterocycles. The van der Waals surface area contributed by atoms with E-state index in [2.05, 4.69) is 23.4 Å². The summed E-state index contributed by atoms with van der Waals surface area (Å²) in [6.07, 6.45) is 4.27. The van der Waals surface area contributed by atoms with E-state index in [1.165, 1.54) is 0 Å². The van der Waals surface area contributed by atoms with Gasteiger partial charge < -0.3 is 14.5 Å². The van der Waals surface area contributed by atoms with Crippen LogP contribution in [0.2, 0.25) is 0 Å². The van der Waals surface area contributed by atoms with E-state index in [1.807, 2.05) is 6.20 Å². The van der Waals surface area contributed by atoms with Crippen LogP contribution in [-0.4, -0.2) is 55.2 Å². The molecule has 0 aromatic carbocycles. The molecule has 3 nitrogen and oxygen atoms in total. The summed E-state index contributed by atoms with van der Waals surface area (Å²) in [5, 5.41) is 0. The maximum Gasteiger partial charge on any atom is 0.0881 e. The quantitative estimate of drug-likeness (QED) is 0.620. The molecule has 80 valence electrons. The third-order valence-corrected chi connectivity index (χ3v) is 3.43. The molecule has 2 heterocycles. The molecule has 0 amide bonds. The van der Waals surface area contributed by atoms with Crippen molar-refractivity contribution in [3.05, 3.63) is 12.8 Å². The lowest BCUT2D eigenvalue weighted by molar-refractivity contribution is -0.124. The molecule has 0 radical (unpaired) electrons. The highest BCUT2D eigenvalue weighted by molar-refractivity contribution is 4.94. The fourth-order valence-electron chi connectivity index (χ4n) is 2.36. The highest BCUT2D eigenvalue weighted by Crippen LogP contribution is 2.29. The molecule has 2 aliphatic heterocycles. The zero-order valence-corrected chi connectivity index (χ0v) is 9.04. The number of morpholine rings is 1. The molecule has 1 spiro atoms. The van der Waals surface area contributed by atoms with Gasteiger partial charge in [-0.1, -0.05) is 6.58 Å². The van der Waals surface area contributed by atoms with Gasteiger partial charge in [0.2, 0.25) is 0 Å². The lowest BCUT2D eigenvalue weighted by Crippen LogP contribution is -2.55. The van der Waals surface area contributed by atoms with E-state index in [9.17, 15) is 0 Å². The van der Waals surface area contributed by atoms with Gasteiger partial charge in [-0.3, -0.25) is 0 Å². The van der Waals surface area contributed by atoms with Crippen molar-refractivity contribution in [3.8, 4) is 0 Å². The number of piperidine rings is 1. The molecule has 2 fully saturated rings. The Bertz CT molecular complexity index is 209. The fraction of sp³-hybridized carbons (Fsp3) is 0.818. The average Bonchev–Trinajstić information content (AvgIpc) is 2.23. The molecule has 0 atom stereocenters. The minimum atomic E-state index is 0.124. The highest BCUT2D eigenvalue weighted by Gasteiger charge is 2.38. The van der Waals surface area contributed by atoms with Crippen molar-refractivity contribution in [1.29, 1.82) is 0 Å². The predicted octanol–water partition coefficient (Wildman–Crippen LogP) is 0.926. The summed E-state index contributed by atoms with van der Waals surface area (Å²) in [6.45, 7) is 9.04. The Balaban J connectivity index is 1.97. The number of ether oxygens (including phenoxy) is 1. The Hall–Kier alpha value is -0.540. The second-order valence-electron chi connectivity index (χ2n) is 4.49. The van der Waals surface area contributed by atoms with E-state index < -0.39 is 0 Å². The van der Waals surface area contributed by atoms with E-state index in [0.29, 0.717) is 0 Å². The first-order chi connectivity index (χ1) is 6.74. The Labute approximate surface area is 86.3 Å². The minimum absolute atomic E-state index is 0.124. The van der Waals surface area contributed by atoms with Crippen LogP contribution in [0.25, 0.3) is 0 Å². The van der Waals surface area contributed by atoms with Crippen molar-refractivity contribution in [3.63, 3.8) is 0 Å². The number of rotatable bonds is 1. The van der Waals surface area contributed by atoms with Gasteiger partial charge in [-0.25, -0.2) is 0 Å². The van der Waals surface area contributed by atoms with Crippen molar-refractivity contribution in [1.82, 2.24) is 9.80 Å². The van der Waals surface area contributed by atoms with Gasteiger partial charge in [-0.2, -0.15) is 0 Å². The second-order valence-corrected chi connectivity index (χ2v) is 4.49. The topological polar surface area (TPSA) is 15.7 Å². The van der Waals surface area contributed by atoms with Crippen LogP contribution in [0.3, 0.4) is 0 Å². The summed E-state index contributed by atoms with van der Waals surface area (Å²) in [5.74, 6) is 0. The van der Waals surface area contributed by atoms with Crippen LogP contribution in [-0.2, 0) is 4.74 Å². The maximum atomic E-state index is 5.97. The third kappa shape index (κ3) is 1.93. The zero-order valence-electron chi connectivity index (χ0n) is 9.04. The van der Waals surface area contributed by atoms with E-state index >= 15 is 0 Å². The first-order valence-corrected chi connectivity index (χ1v) is 5.43. The maximum absolute atomic E-state index is 5.97. The van der Waals surface area contributed by atoms with Gasteiger partial charge in [0, 0.05) is 26.2 Å². The van der Waals surface area contributed by atoms with Gasteiger partial charge in [0.05, 0.1) is 12.2 Å². The summed E-state index contributed by atoms with van der Waals surface area (Å²) < 4.78 is 5.97. The van der Waals surface area contributed by atoms with Gasteiger partial charge in [0.15, 0.2) is 0 Å². The van der Waals surface area contributed by atoms with Crippen molar-refractivity contribution in [2.45, 2.75) is 18.4 Å². The summed E-state index contributed by atoms with van der Waals surface area (Å²) in [5.41, 5.74) is 0.124. The smallest absolute Gasteiger partial charge is 0.0881 e. The largest absolute Gasteiger partial charge is 0.373 e. The van der Waals surface area contributed by atoms with E-state index in [0.717, 1.165) is 45.6 Å². The number of hydrogen-bond acceptors (Lipinski definition) is 3. The summed E-state index contributed by atoms with van der Waals surface area (Å²) in [4.78, 5) is 4.66. The van der Waals surface area contributed by atoms with Crippen LogP contribution in [0.4, 0.5) is 0 Å². The molecule has 14 heavy (non-hydrogen) atoms. The molecule has 0 aliphatic carbocycles. The summed E-state index contributed by atoms with van der Waals surface area (Å²) >= 11 is 0. The Morgan fingerprint density at radius 1 is 1.29 bits per heavy atom. The first kappa shape index (κ1) is 9.99. The van der Waals surface area contributed by atoms with Crippen LogP contribution >= 0.6 is 0 Å². The lowest BCUT2D eigenvalue weighted by Gasteiger charge is -2.46. The van der Waals surface area contributed by atoms with E-state index in [4.69, 9.17) is 4.74 Å². The second kappa shape index (κ2) is 3.91. The number of hydrogen-bond donors (Lipinski definition) is 0. The van der Waals surface area contributed by atoms with Gasteiger partial charge >= 0.3 is 0 Å². The predicted molar refractivity (Wildman–Crippen MR) is 57.2 cm³/mol. The monoisotopic (exact) mass is 196 g/mol. The SMILES string of the molecule is C=CN1CCOC2(CCN(C)CC2)C1. The summed E-state index contributed by atoms with van der Waals surface area (Å²) in [6, 6.07) is 0. The summed E-state index contributed by atoms with van der Waals surface area (Å²) in [7, 11) is 2.18. The van der Waals surface area contributed by atoms with Crippen LogP contribution in [0.5, 0.6) is 0 Å². The van der Waals surface area contributed by atoms with Gasteiger partial charge in [0.1, 0.15) is 0 Å². The molecule has 0 saturated carbocycles. The third-order valence-electron chi connectivity index (χ3n) is 3.43. The average molecular weight is 196 g/mol. The molecule has 0 N–H and O–H groups in total. The van der Waals surface area contributed by atoms with Crippen LogP contribution in [0, 0.1) is 0 Å². The normalized spacial score (nSPS) is 27.9. The van der Waals surface area contributed by atoms with Gasteiger partial charge in [-0.05, 0) is 26.1 Å². The minimum Gasteiger partial charge on any atom is -0.373 e. The lowest BCUT2D eigenvalue weighted by atomic mass is 9.90. The number of nitrogens with zero attached hydrogens (tertiary/aromatic N) is 2. The molecule has 0 unspecified atom stereocenters. The number of likely N-dealkylation sites (tertiary alicyclic amines) is 1. The molecule has 3 heteroatoms. The van der Waals surface area contributed by atoms with Crippen molar-refractivity contribution in [2.24, 2.45) is 0 Å². The Kier molecular flexibility index (Phi) is 2.79. The molecule has 0 bridgehead atoms.